The molecular weight excluding hydrogens is 271 g/mol. The molecule has 5 heteroatoms. The lowest BCUT2D eigenvalue weighted by molar-refractivity contribution is 0.102. The number of aryl methyl sites for hydroxylation is 1. The number of hydrogen-bond acceptors (Lipinski definition) is 3. The van der Waals surface area contributed by atoms with Crippen molar-refractivity contribution >= 4 is 11.6 Å². The Labute approximate surface area is 121 Å². The van der Waals surface area contributed by atoms with Gasteiger partial charge >= 0.3 is 0 Å². The van der Waals surface area contributed by atoms with Crippen molar-refractivity contribution in [1.29, 1.82) is 5.26 Å². The van der Waals surface area contributed by atoms with Crippen LogP contribution in [0, 0.1) is 24.1 Å². The van der Waals surface area contributed by atoms with Crippen LogP contribution in [0.25, 0.3) is 0 Å². The molecule has 0 spiro atoms. The Morgan fingerprint density at radius 2 is 2.10 bits per heavy atom. The third kappa shape index (κ3) is 3.00. The van der Waals surface area contributed by atoms with Crippen LogP contribution in [0.2, 0.25) is 0 Å². The number of ether oxygens (including phenoxy) is 1. The number of nitrogens with one attached hydrogen (secondary N) is 1. The molecule has 0 fully saturated rings. The van der Waals surface area contributed by atoms with Crippen LogP contribution in [-0.2, 0) is 0 Å². The number of carbonyl (C=O) groups excluding carboxylic acids is 1. The summed E-state index contributed by atoms with van der Waals surface area (Å²) in [5.41, 5.74) is 1.45. The summed E-state index contributed by atoms with van der Waals surface area (Å²) >= 11 is 0. The maximum absolute atomic E-state index is 13.1. The van der Waals surface area contributed by atoms with Gasteiger partial charge < -0.3 is 10.1 Å². The Bertz CT molecular complexity index is 736. The summed E-state index contributed by atoms with van der Waals surface area (Å²) in [5.74, 6) is -0.435. The maximum Gasteiger partial charge on any atom is 0.256 e. The number of hydrogen-bond donors (Lipinski definition) is 1. The summed E-state index contributed by atoms with van der Waals surface area (Å²) < 4.78 is 18.2. The first kappa shape index (κ1) is 14.5. The summed E-state index contributed by atoms with van der Waals surface area (Å²) in [6.45, 7) is 1.64. The zero-order chi connectivity index (χ0) is 15.4. The lowest BCUT2D eigenvalue weighted by Gasteiger charge is -2.12. The normalized spacial score (nSPS) is 9.81. The molecule has 2 aromatic rings. The molecule has 2 aromatic carbocycles. The molecule has 2 rings (SSSR count). The average molecular weight is 284 g/mol. The van der Waals surface area contributed by atoms with Crippen molar-refractivity contribution in [2.75, 3.05) is 12.4 Å². The monoisotopic (exact) mass is 284 g/mol. The molecule has 1 amide bonds. The van der Waals surface area contributed by atoms with Crippen LogP contribution in [-0.4, -0.2) is 13.0 Å². The third-order valence-corrected chi connectivity index (χ3v) is 3.04. The second kappa shape index (κ2) is 6.06. The molecule has 0 aliphatic heterocycles. The van der Waals surface area contributed by atoms with Crippen LogP contribution < -0.4 is 10.1 Å². The van der Waals surface area contributed by atoms with E-state index in [9.17, 15) is 9.18 Å². The van der Waals surface area contributed by atoms with Crippen molar-refractivity contribution in [3.05, 3.63) is 58.9 Å². The van der Waals surface area contributed by atoms with E-state index in [2.05, 4.69) is 5.32 Å². The van der Waals surface area contributed by atoms with Crippen molar-refractivity contribution in [3.8, 4) is 11.8 Å². The van der Waals surface area contributed by atoms with Crippen LogP contribution >= 0.6 is 0 Å². The van der Waals surface area contributed by atoms with Gasteiger partial charge in [0.05, 0.1) is 12.7 Å². The number of rotatable bonds is 3. The van der Waals surface area contributed by atoms with Gasteiger partial charge in [0.1, 0.15) is 23.3 Å². The highest BCUT2D eigenvalue weighted by Crippen LogP contribution is 2.28. The van der Waals surface area contributed by atoms with Gasteiger partial charge in [-0.05, 0) is 42.8 Å². The molecule has 0 bridgehead atoms. The number of carbonyl (C=O) groups is 1. The fraction of sp³-hybridized carbons (Fsp3) is 0.125. The number of para-hydroxylation sites is 1. The number of benzene rings is 2. The van der Waals surface area contributed by atoms with E-state index in [0.717, 1.165) is 0 Å². The van der Waals surface area contributed by atoms with E-state index in [1.165, 1.54) is 25.3 Å². The van der Waals surface area contributed by atoms with E-state index < -0.39 is 11.7 Å². The van der Waals surface area contributed by atoms with Gasteiger partial charge in [-0.3, -0.25) is 4.79 Å². The van der Waals surface area contributed by atoms with Gasteiger partial charge in [-0.25, -0.2) is 4.39 Å². The molecule has 4 nitrogen and oxygen atoms in total. The molecule has 106 valence electrons. The van der Waals surface area contributed by atoms with Gasteiger partial charge in [0.25, 0.3) is 5.91 Å². The fourth-order valence-electron chi connectivity index (χ4n) is 1.99. The van der Waals surface area contributed by atoms with E-state index >= 15 is 0 Å². The van der Waals surface area contributed by atoms with E-state index in [1.54, 1.807) is 25.1 Å². The Balaban J connectivity index is 2.38. The largest absolute Gasteiger partial charge is 0.495 e. The molecule has 0 saturated carbocycles. The van der Waals surface area contributed by atoms with Gasteiger partial charge in [0.15, 0.2) is 0 Å². The summed E-state index contributed by atoms with van der Waals surface area (Å²) in [6.07, 6.45) is 0. The number of nitrogens with zero attached hydrogens (tertiary/aromatic N) is 1. The van der Waals surface area contributed by atoms with Crippen LogP contribution in [0.15, 0.2) is 36.4 Å². The minimum Gasteiger partial charge on any atom is -0.495 e. The fourth-order valence-corrected chi connectivity index (χ4v) is 1.99. The standard InChI is InChI=1S/C16H13FN2O2/c1-10-8-12(17)6-7-13(10)16(20)19-15-11(9-18)4-3-5-14(15)21-2/h3-8H,1-2H3,(H,19,20). The topological polar surface area (TPSA) is 62.1 Å². The highest BCUT2D eigenvalue weighted by molar-refractivity contribution is 6.06. The van der Waals surface area contributed by atoms with Gasteiger partial charge in [0.2, 0.25) is 0 Å². The third-order valence-electron chi connectivity index (χ3n) is 3.04. The van der Waals surface area contributed by atoms with Crippen LogP contribution in [0.4, 0.5) is 10.1 Å². The van der Waals surface area contributed by atoms with Gasteiger partial charge in [-0.1, -0.05) is 6.07 Å². The molecule has 0 aromatic heterocycles. The number of halogens is 1. The second-order valence-electron chi connectivity index (χ2n) is 4.41. The molecule has 0 heterocycles. The first-order valence-electron chi connectivity index (χ1n) is 6.21. The SMILES string of the molecule is COc1cccc(C#N)c1NC(=O)c1ccc(F)cc1C. The molecule has 1 N–H and O–H groups in total. The number of methoxy groups -OCH3 is 1. The van der Waals surface area contributed by atoms with Crippen LogP contribution in [0.5, 0.6) is 5.75 Å². The van der Waals surface area contributed by atoms with E-state index in [-0.39, 0.29) is 0 Å². The molecule has 0 radical (unpaired) electrons. The predicted molar refractivity (Wildman–Crippen MR) is 76.8 cm³/mol. The summed E-state index contributed by atoms with van der Waals surface area (Å²) in [4.78, 5) is 12.3. The van der Waals surface area contributed by atoms with E-state index in [1.807, 2.05) is 6.07 Å². The first-order chi connectivity index (χ1) is 10.1. The van der Waals surface area contributed by atoms with Crippen molar-refractivity contribution in [2.24, 2.45) is 0 Å². The molecular formula is C16H13FN2O2. The van der Waals surface area contributed by atoms with Gasteiger partial charge in [-0.2, -0.15) is 5.26 Å². The molecule has 0 saturated heterocycles. The highest BCUT2D eigenvalue weighted by Gasteiger charge is 2.15. The quantitative estimate of drug-likeness (QED) is 0.941. The van der Waals surface area contributed by atoms with Gasteiger partial charge in [0, 0.05) is 5.56 Å². The molecule has 0 aliphatic rings. The highest BCUT2D eigenvalue weighted by atomic mass is 19.1. The first-order valence-corrected chi connectivity index (χ1v) is 6.21. The van der Waals surface area contributed by atoms with Crippen LogP contribution in [0.3, 0.4) is 0 Å². The van der Waals surface area contributed by atoms with Crippen molar-refractivity contribution in [1.82, 2.24) is 0 Å². The molecule has 0 unspecified atom stereocenters. The van der Waals surface area contributed by atoms with E-state index in [0.29, 0.717) is 28.1 Å². The number of nitriles is 1. The Kier molecular flexibility index (Phi) is 4.19. The van der Waals surface area contributed by atoms with Gasteiger partial charge in [-0.15, -0.1) is 0 Å². The molecule has 0 aliphatic carbocycles. The zero-order valence-corrected chi connectivity index (χ0v) is 11.6. The maximum atomic E-state index is 13.1. The van der Waals surface area contributed by atoms with Crippen molar-refractivity contribution in [2.45, 2.75) is 6.92 Å². The Hall–Kier alpha value is -2.87. The second-order valence-corrected chi connectivity index (χ2v) is 4.41. The van der Waals surface area contributed by atoms with Crippen molar-refractivity contribution < 1.29 is 13.9 Å². The van der Waals surface area contributed by atoms with Crippen molar-refractivity contribution in [3.63, 3.8) is 0 Å². The number of amides is 1. The minimum absolute atomic E-state index is 0.294. The average Bonchev–Trinajstić information content (AvgIpc) is 2.47. The summed E-state index contributed by atoms with van der Waals surface area (Å²) in [6, 6.07) is 10.8. The Morgan fingerprint density at radius 1 is 1.33 bits per heavy atom. The summed E-state index contributed by atoms with van der Waals surface area (Å²) in [7, 11) is 1.45. The zero-order valence-electron chi connectivity index (χ0n) is 11.6. The Morgan fingerprint density at radius 3 is 2.71 bits per heavy atom. The smallest absolute Gasteiger partial charge is 0.256 e. The lowest BCUT2D eigenvalue weighted by atomic mass is 10.1. The van der Waals surface area contributed by atoms with Crippen LogP contribution in [0.1, 0.15) is 21.5 Å². The predicted octanol–water partition coefficient (Wildman–Crippen LogP) is 3.27. The summed E-state index contributed by atoms with van der Waals surface area (Å²) in [5, 5.41) is 11.8. The molecule has 21 heavy (non-hydrogen) atoms. The lowest BCUT2D eigenvalue weighted by Crippen LogP contribution is -2.15. The number of anilines is 1. The minimum atomic E-state index is -0.423. The van der Waals surface area contributed by atoms with E-state index in [4.69, 9.17) is 10.00 Å². The molecule has 0 atom stereocenters.